The minimum absolute atomic E-state index is 0.0882. The molecule has 104 heavy (non-hydrogen) atoms. The molecule has 0 bridgehead atoms. The van der Waals surface area contributed by atoms with E-state index in [0.29, 0.717) is 87.3 Å². The van der Waals surface area contributed by atoms with Crippen molar-refractivity contribution < 1.29 is 33.7 Å². The van der Waals surface area contributed by atoms with Crippen LogP contribution in [-0.4, -0.2) is 158 Å². The van der Waals surface area contributed by atoms with Crippen molar-refractivity contribution in [2.45, 2.75) is 102 Å². The molecule has 11 aromatic rings. The number of hydrogen-bond acceptors (Lipinski definition) is 17. The molecular formula is C76H80N16O8S4. The number of rotatable bonds is 16. The highest BCUT2D eigenvalue weighted by atomic mass is 32.2. The second kappa shape index (κ2) is 33.2. The Labute approximate surface area is 606 Å². The Kier molecular flexibility index (Phi) is 23.2. The summed E-state index contributed by atoms with van der Waals surface area (Å²) in [6, 6.07) is 58.8. The average Bonchev–Trinajstić information content (AvgIpc) is 1.43. The zero-order valence-corrected chi connectivity index (χ0v) is 60.3. The van der Waals surface area contributed by atoms with Crippen LogP contribution in [0.2, 0.25) is 0 Å². The van der Waals surface area contributed by atoms with Crippen LogP contribution in [0.4, 0.5) is 0 Å². The van der Waals surface area contributed by atoms with E-state index in [-0.39, 0.29) is 38.0 Å². The summed E-state index contributed by atoms with van der Waals surface area (Å²) in [6.45, 7) is 3.37. The van der Waals surface area contributed by atoms with Gasteiger partial charge in [-0.2, -0.15) is 22.3 Å². The Balaban J connectivity index is 0.000000123. The van der Waals surface area contributed by atoms with Gasteiger partial charge in [0.25, 0.3) is 40.1 Å². The Morgan fingerprint density at radius 3 is 1.23 bits per heavy atom. The van der Waals surface area contributed by atoms with Crippen molar-refractivity contribution in [1.82, 2.24) is 72.3 Å². The maximum atomic E-state index is 13.3. The molecule has 0 amide bonds. The molecule has 28 heteroatoms. The highest BCUT2D eigenvalue weighted by molar-refractivity contribution is 7.90. The highest BCUT2D eigenvalue weighted by Crippen LogP contribution is 2.37. The van der Waals surface area contributed by atoms with Crippen molar-refractivity contribution in [3.63, 3.8) is 0 Å². The topological polar surface area (TPSA) is 312 Å². The highest BCUT2D eigenvalue weighted by Gasteiger charge is 2.38. The van der Waals surface area contributed by atoms with Crippen molar-refractivity contribution in [1.29, 1.82) is 0 Å². The smallest absolute Gasteiger partial charge is 0.261 e. The quantitative estimate of drug-likeness (QED) is 0.0809. The monoisotopic (exact) mass is 1470 g/mol. The summed E-state index contributed by atoms with van der Waals surface area (Å²) in [6.07, 6.45) is 20.6. The zero-order valence-electron chi connectivity index (χ0n) is 57.1. The number of hydrogen-bond donors (Lipinski definition) is 3. The van der Waals surface area contributed by atoms with Gasteiger partial charge in [0, 0.05) is 122 Å². The van der Waals surface area contributed by atoms with E-state index in [9.17, 15) is 33.7 Å². The van der Waals surface area contributed by atoms with Crippen molar-refractivity contribution in [3.05, 3.63) is 254 Å². The lowest BCUT2D eigenvalue weighted by Gasteiger charge is -2.33. The van der Waals surface area contributed by atoms with Gasteiger partial charge < -0.3 is 9.97 Å². The predicted molar refractivity (Wildman–Crippen MR) is 397 cm³/mol. The van der Waals surface area contributed by atoms with Crippen LogP contribution in [0.25, 0.3) is 45.0 Å². The maximum absolute atomic E-state index is 13.3. The number of nitrogens with zero attached hydrogens (tertiary/aromatic N) is 13. The molecule has 7 aromatic heterocycles. The fourth-order valence-electron chi connectivity index (χ4n) is 13.5. The van der Waals surface area contributed by atoms with Crippen LogP contribution in [-0.2, 0) is 40.1 Å². The SMILES string of the molecule is O=S(=O)(c1cccc(-c2ccccc2)n1)N1CCC(C2=CCC=N2)CC1.O=S(=O)(c1cccc(-c2ccccc2)n1)N1CCC(c2ncn[nH]2)CC1.O=S(=O)(c1cccc(-c2ccccc2)n1)N1CCCC(c2cnc[nH]2)C1.O=S(=O)(c1cccc(-c2ccccc2)n1)N1CCCCC1c1cnc[nH]1. The van der Waals surface area contributed by atoms with Gasteiger partial charge in [-0.25, -0.2) is 68.6 Å². The molecule has 0 radical (unpaired) electrons. The van der Waals surface area contributed by atoms with Gasteiger partial charge in [0.2, 0.25) is 0 Å². The largest absolute Gasteiger partial charge is 0.348 e. The third kappa shape index (κ3) is 17.1. The van der Waals surface area contributed by atoms with Crippen molar-refractivity contribution in [2.75, 3.05) is 45.8 Å². The molecule has 5 aliphatic rings. The summed E-state index contributed by atoms with van der Waals surface area (Å²) < 4.78 is 111. The standard InChI is InChI=1S/C20H21N3O2S.2C19H20N4O2S.C18H19N5O2S/c24-26(25,23-14-11-17(12-15-23)18-9-5-13-21-18)20-10-4-8-19(22-20)16-6-2-1-3-7-16;24-26(25,23-11-5-8-16(13-23)18-12-20-14-21-18)19-10-4-9-17(22-19)15-6-2-1-3-7-15;24-26(25,23-12-5-4-10-18(23)17-13-20-14-21-17)19-11-6-9-16(22-19)15-7-2-1-3-8-15;24-26(25,23-11-9-15(10-12-23)18-19-13-20-22-18)17-8-4-7-16(21-17)14-5-2-1-3-6-14/h1-4,6-10,13,17H,5,11-12,14-15H2;1-4,6-7,9-10,12,14,16H,5,8,11,13H2,(H,20,21);1-3,6-9,11,13-14,18H,4-5,10,12H2,(H,20,21);1-8,13,15H,9-12H2,(H,19,20,22). The van der Waals surface area contributed by atoms with Crippen LogP contribution in [0.1, 0.15) is 99.3 Å². The molecule has 12 heterocycles. The van der Waals surface area contributed by atoms with E-state index in [1.165, 1.54) is 10.6 Å². The van der Waals surface area contributed by atoms with Crippen LogP contribution in [0, 0.1) is 5.92 Å². The number of aliphatic imine (C=N–C) groups is 1. The van der Waals surface area contributed by atoms with Crippen molar-refractivity contribution in [3.8, 4) is 45.0 Å². The summed E-state index contributed by atoms with van der Waals surface area (Å²) >= 11 is 0. The number of imidazole rings is 2. The Hall–Kier alpha value is -9.91. The van der Waals surface area contributed by atoms with E-state index in [2.05, 4.69) is 66.1 Å². The zero-order chi connectivity index (χ0) is 71.9. The van der Waals surface area contributed by atoms with E-state index < -0.39 is 40.1 Å². The van der Waals surface area contributed by atoms with E-state index in [1.807, 2.05) is 152 Å². The Morgan fingerprint density at radius 1 is 0.385 bits per heavy atom. The van der Waals surface area contributed by atoms with E-state index in [4.69, 9.17) is 0 Å². The molecular weight excluding hydrogens is 1390 g/mol. The van der Waals surface area contributed by atoms with E-state index in [0.717, 1.165) is 96.5 Å². The van der Waals surface area contributed by atoms with Gasteiger partial charge in [-0.3, -0.25) is 10.1 Å². The van der Waals surface area contributed by atoms with Crippen molar-refractivity contribution >= 4 is 46.3 Å². The van der Waals surface area contributed by atoms with Gasteiger partial charge in [-0.05, 0) is 99.9 Å². The van der Waals surface area contributed by atoms with Crippen LogP contribution in [0.5, 0.6) is 0 Å². The first-order valence-electron chi connectivity index (χ1n) is 34.8. The first-order chi connectivity index (χ1) is 50.6. The maximum Gasteiger partial charge on any atom is 0.261 e. The van der Waals surface area contributed by atoms with Crippen LogP contribution in [0.15, 0.2) is 262 Å². The summed E-state index contributed by atoms with van der Waals surface area (Å²) in [7, 11) is -14.5. The average molecular weight is 1470 g/mol. The van der Waals surface area contributed by atoms with E-state index >= 15 is 0 Å². The third-order valence-electron chi connectivity index (χ3n) is 19.1. The number of aromatic nitrogens is 11. The molecule has 2 atom stereocenters. The number of pyridine rings is 4. The summed E-state index contributed by atoms with van der Waals surface area (Å²) in [4.78, 5) is 40.6. The van der Waals surface area contributed by atoms with Gasteiger partial charge >= 0.3 is 0 Å². The van der Waals surface area contributed by atoms with Gasteiger partial charge in [0.05, 0.1) is 47.2 Å². The molecule has 536 valence electrons. The van der Waals surface area contributed by atoms with Crippen LogP contribution in [0.3, 0.4) is 0 Å². The number of benzene rings is 4. The summed E-state index contributed by atoms with van der Waals surface area (Å²) in [5.41, 5.74) is 9.18. The fraction of sp³-hybridized carbons (Fsp3) is 0.276. The lowest BCUT2D eigenvalue weighted by Crippen LogP contribution is -2.39. The first kappa shape index (κ1) is 72.4. The van der Waals surface area contributed by atoms with Gasteiger partial charge in [0.15, 0.2) is 20.1 Å². The van der Waals surface area contributed by atoms with Gasteiger partial charge in [-0.1, -0.05) is 158 Å². The molecule has 4 saturated heterocycles. The number of piperidine rings is 4. The first-order valence-corrected chi connectivity index (χ1v) is 40.5. The predicted octanol–water partition coefficient (Wildman–Crippen LogP) is 12.4. The minimum Gasteiger partial charge on any atom is -0.348 e. The molecule has 0 spiro atoms. The lowest BCUT2D eigenvalue weighted by molar-refractivity contribution is 0.251. The molecule has 3 N–H and O–H groups in total. The van der Waals surface area contributed by atoms with Crippen molar-refractivity contribution in [2.24, 2.45) is 10.9 Å². The molecule has 4 fully saturated rings. The second-order valence-electron chi connectivity index (χ2n) is 25.7. The number of aromatic amines is 3. The molecule has 16 rings (SSSR count). The normalized spacial score (nSPS) is 18.2. The number of H-pyrrole nitrogens is 3. The number of sulfonamides is 4. The summed E-state index contributed by atoms with van der Waals surface area (Å²) in [5.74, 6) is 1.54. The molecule has 4 aromatic carbocycles. The fourth-order valence-corrected chi connectivity index (χ4v) is 19.5. The number of allylic oxidation sites excluding steroid dienone is 2. The molecule has 0 aliphatic carbocycles. The van der Waals surface area contributed by atoms with E-state index in [1.54, 1.807) is 86.5 Å². The summed E-state index contributed by atoms with van der Waals surface area (Å²) in [5, 5.41) is 7.15. The van der Waals surface area contributed by atoms with Crippen LogP contribution < -0.4 is 0 Å². The molecule has 5 aliphatic heterocycles. The van der Waals surface area contributed by atoms with Crippen LogP contribution >= 0.6 is 0 Å². The Bertz CT molecular complexity index is 5150. The second-order valence-corrected chi connectivity index (χ2v) is 33.1. The lowest BCUT2D eigenvalue weighted by atomic mass is 9.95. The minimum atomic E-state index is -3.69. The Morgan fingerprint density at radius 2 is 0.817 bits per heavy atom. The van der Waals surface area contributed by atoms with Gasteiger partial charge in [-0.15, -0.1) is 0 Å². The van der Waals surface area contributed by atoms with Gasteiger partial charge in [0.1, 0.15) is 12.2 Å². The molecule has 24 nitrogen and oxygen atoms in total. The third-order valence-corrected chi connectivity index (χ3v) is 26.2. The molecule has 0 saturated carbocycles. The molecule has 2 unspecified atom stereocenters. The number of nitrogens with one attached hydrogen (secondary N) is 3.